The number of benzene rings is 2. The molecule has 0 spiro atoms. The largest absolute Gasteiger partial charge is 0.472 e. The summed E-state index contributed by atoms with van der Waals surface area (Å²) < 4.78 is 8.44. The first kappa shape index (κ1) is 19.6. The molecule has 0 fully saturated rings. The van der Waals surface area contributed by atoms with Crippen molar-refractivity contribution >= 4 is 17.5 Å². The fraction of sp³-hybridized carbons (Fsp3) is 0.154. The van der Waals surface area contributed by atoms with Crippen molar-refractivity contribution in [3.8, 4) is 11.4 Å². The summed E-state index contributed by atoms with van der Waals surface area (Å²) in [6.07, 6.45) is 4.26. The highest BCUT2D eigenvalue weighted by atomic mass is 32.2. The zero-order valence-corrected chi connectivity index (χ0v) is 18.0. The molecule has 4 aromatic rings. The van der Waals surface area contributed by atoms with E-state index in [-0.39, 0.29) is 5.78 Å². The van der Waals surface area contributed by atoms with Crippen molar-refractivity contribution in [3.63, 3.8) is 0 Å². The van der Waals surface area contributed by atoms with Gasteiger partial charge in [-0.25, -0.2) is 4.98 Å². The Hall–Kier alpha value is -3.31. The minimum absolute atomic E-state index is 0.0215. The lowest BCUT2D eigenvalue weighted by molar-refractivity contribution is 0.0424. The molecule has 1 aliphatic rings. The van der Waals surface area contributed by atoms with E-state index in [9.17, 15) is 4.79 Å². The molecular formula is C26H22N2O2S. The zero-order chi connectivity index (χ0) is 21.3. The van der Waals surface area contributed by atoms with Gasteiger partial charge in [-0.3, -0.25) is 4.79 Å². The molecule has 1 aliphatic heterocycles. The second kappa shape index (κ2) is 8.08. The maximum absolute atomic E-state index is 13.8. The molecule has 0 bridgehead atoms. The van der Waals surface area contributed by atoms with Gasteiger partial charge < -0.3 is 9.30 Å². The number of hydrogen-bond acceptors (Lipinski definition) is 4. The molecular weight excluding hydrogens is 404 g/mol. The van der Waals surface area contributed by atoms with Crippen molar-refractivity contribution in [2.75, 3.05) is 0 Å². The van der Waals surface area contributed by atoms with Crippen LogP contribution in [0.3, 0.4) is 0 Å². The van der Waals surface area contributed by atoms with Crippen molar-refractivity contribution in [2.24, 2.45) is 0 Å². The second-order valence-electron chi connectivity index (χ2n) is 7.50. The normalized spacial score (nSPS) is 17.4. The van der Waals surface area contributed by atoms with Crippen molar-refractivity contribution in [1.82, 2.24) is 9.55 Å². The lowest BCUT2D eigenvalue weighted by Crippen LogP contribution is -2.41. The van der Waals surface area contributed by atoms with Crippen LogP contribution in [0.4, 0.5) is 0 Å². The summed E-state index contributed by atoms with van der Waals surface area (Å²) in [5.41, 5.74) is 2.51. The number of carbonyl (C=O) groups excluding carboxylic acids is 1. The molecule has 5 rings (SSSR count). The van der Waals surface area contributed by atoms with Crippen LogP contribution in [0.15, 0.2) is 96.3 Å². The van der Waals surface area contributed by atoms with E-state index < -0.39 is 5.60 Å². The monoisotopic (exact) mass is 426 g/mol. The van der Waals surface area contributed by atoms with Gasteiger partial charge in [0.15, 0.2) is 5.60 Å². The third-order valence-corrected chi connectivity index (χ3v) is 6.71. The Bertz CT molecular complexity index is 1220. The SMILES string of the molecule is CCC1(c2ccc(CSc3ccccn3)cc2)Oc2ccccc2-n2cccc2C1=O. The Balaban J connectivity index is 1.50. The minimum Gasteiger partial charge on any atom is -0.472 e. The maximum Gasteiger partial charge on any atom is 0.227 e. The molecule has 5 heteroatoms. The van der Waals surface area contributed by atoms with Gasteiger partial charge in [0.05, 0.1) is 16.4 Å². The molecule has 0 saturated carbocycles. The summed E-state index contributed by atoms with van der Waals surface area (Å²) in [5.74, 6) is 1.51. The van der Waals surface area contributed by atoms with E-state index in [1.54, 1.807) is 18.0 Å². The molecule has 2 aromatic heterocycles. The Morgan fingerprint density at radius 2 is 1.77 bits per heavy atom. The molecule has 1 unspecified atom stereocenters. The van der Waals surface area contributed by atoms with Gasteiger partial charge in [-0.15, -0.1) is 11.8 Å². The minimum atomic E-state index is -1.06. The summed E-state index contributed by atoms with van der Waals surface area (Å²) in [5, 5.41) is 0.997. The van der Waals surface area contributed by atoms with Gasteiger partial charge in [0, 0.05) is 23.7 Å². The van der Waals surface area contributed by atoms with Gasteiger partial charge in [-0.2, -0.15) is 0 Å². The number of nitrogens with zero attached hydrogens (tertiary/aromatic N) is 2. The van der Waals surface area contributed by atoms with Crippen LogP contribution in [0.1, 0.15) is 35.0 Å². The molecule has 3 heterocycles. The Labute approximate surface area is 185 Å². The lowest BCUT2D eigenvalue weighted by atomic mass is 9.84. The highest BCUT2D eigenvalue weighted by molar-refractivity contribution is 7.98. The summed E-state index contributed by atoms with van der Waals surface area (Å²) >= 11 is 1.69. The van der Waals surface area contributed by atoms with Crippen LogP contribution in [-0.4, -0.2) is 15.3 Å². The van der Waals surface area contributed by atoms with Gasteiger partial charge in [0.25, 0.3) is 0 Å². The van der Waals surface area contributed by atoms with Crippen LogP contribution in [0, 0.1) is 0 Å². The number of carbonyl (C=O) groups is 1. The van der Waals surface area contributed by atoms with E-state index in [4.69, 9.17) is 4.74 Å². The number of pyridine rings is 1. The average Bonchev–Trinajstić information content (AvgIpc) is 3.28. The molecule has 154 valence electrons. The molecule has 4 nitrogen and oxygen atoms in total. The van der Waals surface area contributed by atoms with Crippen molar-refractivity contribution in [2.45, 2.75) is 29.7 Å². The average molecular weight is 427 g/mol. The number of Topliss-reactive ketones (excluding diaryl/α,β-unsaturated/α-hetero) is 1. The van der Waals surface area contributed by atoms with Crippen LogP contribution in [-0.2, 0) is 11.4 Å². The highest BCUT2D eigenvalue weighted by Gasteiger charge is 2.45. The molecule has 0 aliphatic carbocycles. The lowest BCUT2D eigenvalue weighted by Gasteiger charge is -2.31. The Morgan fingerprint density at radius 1 is 0.968 bits per heavy atom. The number of rotatable bonds is 5. The number of fused-ring (bicyclic) bond motifs is 3. The molecule has 1 atom stereocenters. The fourth-order valence-corrected chi connectivity index (χ4v) is 4.86. The maximum atomic E-state index is 13.8. The van der Waals surface area contributed by atoms with Crippen molar-refractivity contribution in [3.05, 3.63) is 108 Å². The highest BCUT2D eigenvalue weighted by Crippen LogP contribution is 2.41. The topological polar surface area (TPSA) is 44.1 Å². The van der Waals surface area contributed by atoms with Gasteiger partial charge in [0.1, 0.15) is 5.75 Å². The molecule has 2 aromatic carbocycles. The first-order valence-electron chi connectivity index (χ1n) is 10.3. The van der Waals surface area contributed by atoms with Gasteiger partial charge in [-0.05, 0) is 48.4 Å². The number of ketones is 1. The molecule has 0 N–H and O–H groups in total. The third kappa shape index (κ3) is 3.45. The first-order chi connectivity index (χ1) is 15.2. The molecule has 0 amide bonds. The van der Waals surface area contributed by atoms with E-state index in [1.165, 1.54) is 5.56 Å². The van der Waals surface area contributed by atoms with E-state index in [0.29, 0.717) is 17.9 Å². The standard InChI is InChI=1S/C26H22N2O2S/c1-2-26(20-14-12-19(13-15-20)18-31-24-11-5-6-16-27-24)25(29)22-9-7-17-28(22)21-8-3-4-10-23(21)30-26/h3-17H,2,18H2,1H3. The van der Waals surface area contributed by atoms with E-state index in [2.05, 4.69) is 17.1 Å². The number of hydrogen-bond donors (Lipinski definition) is 0. The predicted molar refractivity (Wildman–Crippen MR) is 123 cm³/mol. The number of aromatic nitrogens is 2. The summed E-state index contributed by atoms with van der Waals surface area (Å²) in [6.45, 7) is 2.00. The Morgan fingerprint density at radius 3 is 2.55 bits per heavy atom. The summed E-state index contributed by atoms with van der Waals surface area (Å²) in [7, 11) is 0. The summed E-state index contributed by atoms with van der Waals surface area (Å²) in [6, 6.07) is 25.7. The van der Waals surface area contributed by atoms with Crippen LogP contribution >= 0.6 is 11.8 Å². The van der Waals surface area contributed by atoms with Crippen LogP contribution in [0.2, 0.25) is 0 Å². The second-order valence-corrected chi connectivity index (χ2v) is 8.49. The van der Waals surface area contributed by atoms with Gasteiger partial charge in [0.2, 0.25) is 5.78 Å². The first-order valence-corrected chi connectivity index (χ1v) is 11.3. The summed E-state index contributed by atoms with van der Waals surface area (Å²) in [4.78, 5) is 18.1. The number of ether oxygens (including phenoxy) is 1. The zero-order valence-electron chi connectivity index (χ0n) is 17.2. The number of para-hydroxylation sites is 2. The smallest absolute Gasteiger partial charge is 0.227 e. The molecule has 0 radical (unpaired) electrons. The number of thioether (sulfide) groups is 1. The van der Waals surface area contributed by atoms with Crippen molar-refractivity contribution < 1.29 is 9.53 Å². The van der Waals surface area contributed by atoms with Crippen molar-refractivity contribution in [1.29, 1.82) is 0 Å². The molecule has 0 saturated heterocycles. The fourth-order valence-electron chi connectivity index (χ4n) is 4.05. The van der Waals surface area contributed by atoms with Crippen LogP contribution in [0.5, 0.6) is 5.75 Å². The predicted octanol–water partition coefficient (Wildman–Crippen LogP) is 6.05. The third-order valence-electron chi connectivity index (χ3n) is 5.70. The van der Waals surface area contributed by atoms with E-state index >= 15 is 0 Å². The van der Waals surface area contributed by atoms with Gasteiger partial charge >= 0.3 is 0 Å². The molecule has 31 heavy (non-hydrogen) atoms. The van der Waals surface area contributed by atoms with E-state index in [1.807, 2.05) is 84.4 Å². The van der Waals surface area contributed by atoms with Crippen LogP contribution in [0.25, 0.3) is 5.69 Å². The van der Waals surface area contributed by atoms with Gasteiger partial charge in [-0.1, -0.05) is 49.4 Å². The van der Waals surface area contributed by atoms with Crippen LogP contribution < -0.4 is 4.74 Å². The Kier molecular flexibility index (Phi) is 5.12. The van der Waals surface area contributed by atoms with E-state index in [0.717, 1.165) is 22.0 Å². The quantitative estimate of drug-likeness (QED) is 0.365.